The van der Waals surface area contributed by atoms with Crippen LogP contribution in [0.3, 0.4) is 0 Å². The van der Waals surface area contributed by atoms with E-state index < -0.39 is 5.97 Å². The summed E-state index contributed by atoms with van der Waals surface area (Å²) in [4.78, 5) is 23.0. The Kier molecular flexibility index (Phi) is 5.81. The zero-order valence-corrected chi connectivity index (χ0v) is 13.0. The molecule has 3 N–H and O–H groups in total. The van der Waals surface area contributed by atoms with E-state index in [-0.39, 0.29) is 18.0 Å². The predicted molar refractivity (Wildman–Crippen MR) is 86.0 cm³/mol. The summed E-state index contributed by atoms with van der Waals surface area (Å²) in [6.45, 7) is 2.11. The first-order chi connectivity index (χ1) is 10.6. The largest absolute Gasteiger partial charge is 0.481 e. The maximum absolute atomic E-state index is 12.1. The summed E-state index contributed by atoms with van der Waals surface area (Å²) < 4.78 is 0. The molecule has 1 aliphatic rings. The number of hydrogen-bond acceptors (Lipinski definition) is 2. The number of carbonyl (C=O) groups excluding carboxylic acids is 1. The summed E-state index contributed by atoms with van der Waals surface area (Å²) in [5, 5.41) is 14.8. The van der Waals surface area contributed by atoms with Crippen LogP contribution in [0.2, 0.25) is 0 Å². The molecule has 1 saturated carbocycles. The molecule has 0 atom stereocenters. The summed E-state index contributed by atoms with van der Waals surface area (Å²) in [5.41, 5.74) is 1.98. The Bertz CT molecular complexity index is 522. The van der Waals surface area contributed by atoms with E-state index in [0.717, 1.165) is 36.9 Å². The molecule has 1 aliphatic carbocycles. The molecule has 0 saturated heterocycles. The highest BCUT2D eigenvalue weighted by Gasteiger charge is 2.26. The molecule has 0 aromatic heterocycles. The van der Waals surface area contributed by atoms with Crippen LogP contribution in [0.5, 0.6) is 0 Å². The van der Waals surface area contributed by atoms with Crippen molar-refractivity contribution >= 4 is 17.7 Å². The van der Waals surface area contributed by atoms with Gasteiger partial charge in [0.2, 0.25) is 0 Å². The maximum atomic E-state index is 12.1. The number of aryl methyl sites for hydroxylation is 1. The number of amides is 2. The molecule has 2 rings (SSSR count). The average Bonchev–Trinajstić information content (AvgIpc) is 2.50. The van der Waals surface area contributed by atoms with Crippen molar-refractivity contribution < 1.29 is 14.7 Å². The normalized spacial score (nSPS) is 21.1. The van der Waals surface area contributed by atoms with Gasteiger partial charge in [-0.15, -0.1) is 0 Å². The molecule has 22 heavy (non-hydrogen) atoms. The van der Waals surface area contributed by atoms with Crippen LogP contribution in [-0.4, -0.2) is 23.1 Å². The molecule has 0 aliphatic heterocycles. The van der Waals surface area contributed by atoms with E-state index >= 15 is 0 Å². The second-order valence-electron chi connectivity index (χ2n) is 5.89. The summed E-state index contributed by atoms with van der Waals surface area (Å²) in [6, 6.07) is 7.67. The Labute approximate surface area is 131 Å². The Morgan fingerprint density at radius 1 is 1.18 bits per heavy atom. The highest BCUT2D eigenvalue weighted by Crippen LogP contribution is 2.24. The van der Waals surface area contributed by atoms with Crippen molar-refractivity contribution in [2.24, 2.45) is 5.92 Å². The fraction of sp³-hybridized carbons (Fsp3) is 0.529. The minimum atomic E-state index is -0.726. The second-order valence-corrected chi connectivity index (χ2v) is 5.89. The van der Waals surface area contributed by atoms with Crippen LogP contribution in [0.25, 0.3) is 0 Å². The SMILES string of the molecule is CCCc1ccccc1NC(=O)NC1CCC(C(=O)O)CC1. The Hall–Kier alpha value is -2.04. The van der Waals surface area contributed by atoms with E-state index in [2.05, 4.69) is 17.6 Å². The Morgan fingerprint density at radius 2 is 1.86 bits per heavy atom. The number of benzene rings is 1. The highest BCUT2D eigenvalue weighted by atomic mass is 16.4. The number of anilines is 1. The smallest absolute Gasteiger partial charge is 0.319 e. The third-order valence-corrected chi connectivity index (χ3v) is 4.20. The number of hydrogen-bond donors (Lipinski definition) is 3. The molecule has 0 heterocycles. The Morgan fingerprint density at radius 3 is 2.50 bits per heavy atom. The first kappa shape index (κ1) is 16.3. The van der Waals surface area contributed by atoms with Gasteiger partial charge in [0.25, 0.3) is 0 Å². The fourth-order valence-corrected chi connectivity index (χ4v) is 2.96. The van der Waals surface area contributed by atoms with Crippen LogP contribution < -0.4 is 10.6 Å². The summed E-state index contributed by atoms with van der Waals surface area (Å²) in [7, 11) is 0. The maximum Gasteiger partial charge on any atom is 0.319 e. The third-order valence-electron chi connectivity index (χ3n) is 4.20. The minimum absolute atomic E-state index is 0.0638. The lowest BCUT2D eigenvalue weighted by atomic mass is 9.86. The van der Waals surface area contributed by atoms with Crippen molar-refractivity contribution in [1.82, 2.24) is 5.32 Å². The zero-order chi connectivity index (χ0) is 15.9. The third kappa shape index (κ3) is 4.48. The van der Waals surface area contributed by atoms with Crippen molar-refractivity contribution in [3.8, 4) is 0 Å². The first-order valence-corrected chi connectivity index (χ1v) is 7.98. The minimum Gasteiger partial charge on any atom is -0.481 e. The molecule has 1 aromatic rings. The van der Waals surface area contributed by atoms with Gasteiger partial charge in [0.05, 0.1) is 5.92 Å². The zero-order valence-electron chi connectivity index (χ0n) is 13.0. The molecule has 2 amide bonds. The van der Waals surface area contributed by atoms with E-state index in [9.17, 15) is 9.59 Å². The molecule has 5 nitrogen and oxygen atoms in total. The summed E-state index contributed by atoms with van der Waals surface area (Å²) in [6.07, 6.45) is 4.67. The number of carboxylic acid groups (broad SMARTS) is 1. The second kappa shape index (κ2) is 7.82. The molecule has 0 spiro atoms. The summed E-state index contributed by atoms with van der Waals surface area (Å²) >= 11 is 0. The van der Waals surface area contributed by atoms with Crippen molar-refractivity contribution in [3.05, 3.63) is 29.8 Å². The van der Waals surface area contributed by atoms with E-state index in [1.165, 1.54) is 0 Å². The lowest BCUT2D eigenvalue weighted by Gasteiger charge is -2.27. The molecule has 0 bridgehead atoms. The van der Waals surface area contributed by atoms with Gasteiger partial charge in [0.1, 0.15) is 0 Å². The van der Waals surface area contributed by atoms with Gasteiger partial charge >= 0.3 is 12.0 Å². The highest BCUT2D eigenvalue weighted by molar-refractivity contribution is 5.90. The van der Waals surface area contributed by atoms with Gasteiger partial charge in [-0.05, 0) is 43.7 Å². The van der Waals surface area contributed by atoms with E-state index in [0.29, 0.717) is 12.8 Å². The number of carboxylic acids is 1. The van der Waals surface area contributed by atoms with Gasteiger partial charge in [0.15, 0.2) is 0 Å². The monoisotopic (exact) mass is 304 g/mol. The van der Waals surface area contributed by atoms with Gasteiger partial charge < -0.3 is 15.7 Å². The Balaban J connectivity index is 1.85. The number of para-hydroxylation sites is 1. The van der Waals surface area contributed by atoms with E-state index in [1.54, 1.807) is 0 Å². The average molecular weight is 304 g/mol. The number of carbonyl (C=O) groups is 2. The predicted octanol–water partition coefficient (Wildman–Crippen LogP) is 3.40. The van der Waals surface area contributed by atoms with Crippen LogP contribution >= 0.6 is 0 Å². The van der Waals surface area contributed by atoms with Crippen molar-refractivity contribution in [1.29, 1.82) is 0 Å². The molecule has 1 fully saturated rings. The van der Waals surface area contributed by atoms with Gasteiger partial charge in [-0.25, -0.2) is 4.79 Å². The number of aliphatic carboxylic acids is 1. The quantitative estimate of drug-likeness (QED) is 0.780. The van der Waals surface area contributed by atoms with Crippen molar-refractivity contribution in [2.75, 3.05) is 5.32 Å². The molecule has 1 aromatic carbocycles. The van der Waals surface area contributed by atoms with Gasteiger partial charge in [-0.2, -0.15) is 0 Å². The first-order valence-electron chi connectivity index (χ1n) is 7.98. The molecular formula is C17H24N2O3. The van der Waals surface area contributed by atoms with Crippen LogP contribution in [0.1, 0.15) is 44.6 Å². The fourth-order valence-electron chi connectivity index (χ4n) is 2.96. The van der Waals surface area contributed by atoms with Gasteiger partial charge in [0, 0.05) is 11.7 Å². The van der Waals surface area contributed by atoms with Crippen molar-refractivity contribution in [3.63, 3.8) is 0 Å². The number of rotatable bonds is 5. The van der Waals surface area contributed by atoms with Crippen LogP contribution in [0.15, 0.2) is 24.3 Å². The summed E-state index contributed by atoms with van der Waals surface area (Å²) in [5.74, 6) is -0.984. The lowest BCUT2D eigenvalue weighted by molar-refractivity contribution is -0.142. The number of urea groups is 1. The van der Waals surface area contributed by atoms with Gasteiger partial charge in [-0.3, -0.25) is 4.79 Å². The van der Waals surface area contributed by atoms with Crippen LogP contribution in [-0.2, 0) is 11.2 Å². The molecule has 5 heteroatoms. The van der Waals surface area contributed by atoms with Crippen molar-refractivity contribution in [2.45, 2.75) is 51.5 Å². The molecule has 0 unspecified atom stereocenters. The van der Waals surface area contributed by atoms with E-state index in [1.807, 2.05) is 24.3 Å². The number of nitrogens with one attached hydrogen (secondary N) is 2. The molecule has 0 radical (unpaired) electrons. The van der Waals surface area contributed by atoms with Gasteiger partial charge in [-0.1, -0.05) is 31.5 Å². The lowest BCUT2D eigenvalue weighted by Crippen LogP contribution is -2.41. The standard InChI is InChI=1S/C17H24N2O3/c1-2-5-12-6-3-4-7-15(12)19-17(22)18-14-10-8-13(9-11-14)16(20)21/h3-4,6-7,13-14H,2,5,8-11H2,1H3,(H,20,21)(H2,18,19,22). The van der Waals surface area contributed by atoms with Crippen LogP contribution in [0, 0.1) is 5.92 Å². The molecule has 120 valence electrons. The topological polar surface area (TPSA) is 78.4 Å². The van der Waals surface area contributed by atoms with Crippen LogP contribution in [0.4, 0.5) is 10.5 Å². The van der Waals surface area contributed by atoms with E-state index in [4.69, 9.17) is 5.11 Å². The molecular weight excluding hydrogens is 280 g/mol.